The third-order valence-electron chi connectivity index (χ3n) is 7.25. The molecule has 1 fully saturated rings. The van der Waals surface area contributed by atoms with E-state index in [1.807, 2.05) is 0 Å². The topological polar surface area (TPSA) is 79.9 Å². The van der Waals surface area contributed by atoms with Crippen LogP contribution in [0.25, 0.3) is 0 Å². The maximum Gasteiger partial charge on any atom is 0.461 e. The van der Waals surface area contributed by atoms with Crippen molar-refractivity contribution >= 4 is 11.9 Å². The maximum atomic E-state index is 14.9. The van der Waals surface area contributed by atoms with Crippen molar-refractivity contribution in [3.8, 4) is 5.75 Å². The van der Waals surface area contributed by atoms with Crippen LogP contribution in [0.2, 0.25) is 0 Å². The minimum Gasteiger partial charge on any atom is -0.428 e. The summed E-state index contributed by atoms with van der Waals surface area (Å²) in [4.78, 5) is 30.7. The van der Waals surface area contributed by atoms with Crippen LogP contribution in [0.15, 0.2) is 72.8 Å². The number of alkyl halides is 4. The standard InChI is InChI=1S/C30H29F6N3O4/c1-39(42-2)26(40)19-12-24(13-19)37-28(41)38-29(17-18-6-4-3-5-7-18,20-8-10-22(31)11-9-20)21-14-23(32)16-25(15-21)43-30(35,36)27(33)34/h3-11,14-16,19,24,27H,12-13,17H2,1-2H3,(H2,37,38,41)/t19-,24+,29-/m1/s1. The summed E-state index contributed by atoms with van der Waals surface area (Å²) in [6.45, 7) is 0. The predicted octanol–water partition coefficient (Wildman–Crippen LogP) is 5.79. The summed E-state index contributed by atoms with van der Waals surface area (Å²) < 4.78 is 86.5. The highest BCUT2D eigenvalue weighted by atomic mass is 19.3. The highest BCUT2D eigenvalue weighted by molar-refractivity contribution is 5.80. The fraction of sp³-hybridized carbons (Fsp3) is 0.333. The number of carbonyl (C=O) groups excluding carboxylic acids is 2. The SMILES string of the molecule is CON(C)C(=O)[C@H]1C[C@@H](NC(=O)N[C@](Cc2ccccc2)(c2ccc(F)cc2)c2cc(F)cc(OC(F)(F)C(F)F)c2)C1. The Hall–Kier alpha value is -4.26. The lowest BCUT2D eigenvalue weighted by Crippen LogP contribution is -2.57. The van der Waals surface area contributed by atoms with Crippen molar-refractivity contribution < 1.29 is 45.5 Å². The monoisotopic (exact) mass is 609 g/mol. The number of benzene rings is 3. The number of nitrogens with one attached hydrogen (secondary N) is 2. The van der Waals surface area contributed by atoms with Gasteiger partial charge >= 0.3 is 18.6 Å². The highest BCUT2D eigenvalue weighted by Gasteiger charge is 2.45. The van der Waals surface area contributed by atoms with Crippen molar-refractivity contribution in [3.63, 3.8) is 0 Å². The zero-order chi connectivity index (χ0) is 31.4. The van der Waals surface area contributed by atoms with Crippen LogP contribution in [-0.4, -0.2) is 49.7 Å². The average molecular weight is 610 g/mol. The zero-order valence-corrected chi connectivity index (χ0v) is 23.1. The third kappa shape index (κ3) is 7.39. The molecule has 0 saturated heterocycles. The minimum absolute atomic E-state index is 0.0918. The van der Waals surface area contributed by atoms with Crippen LogP contribution in [0, 0.1) is 17.6 Å². The van der Waals surface area contributed by atoms with Gasteiger partial charge < -0.3 is 15.4 Å². The van der Waals surface area contributed by atoms with Gasteiger partial charge in [0, 0.05) is 31.5 Å². The largest absolute Gasteiger partial charge is 0.461 e. The van der Waals surface area contributed by atoms with E-state index in [0.717, 1.165) is 29.3 Å². The number of rotatable bonds is 11. The Kier molecular flexibility index (Phi) is 9.53. The molecule has 0 bridgehead atoms. The fourth-order valence-corrected chi connectivity index (χ4v) is 4.97. The Morgan fingerprint density at radius 1 is 0.953 bits per heavy atom. The van der Waals surface area contributed by atoms with Crippen LogP contribution in [0.3, 0.4) is 0 Å². The highest BCUT2D eigenvalue weighted by Crippen LogP contribution is 2.38. The molecule has 0 aliphatic heterocycles. The Bertz CT molecular complexity index is 1420. The van der Waals surface area contributed by atoms with Gasteiger partial charge in [0.1, 0.15) is 17.4 Å². The maximum absolute atomic E-state index is 14.9. The molecule has 3 amide bonds. The van der Waals surface area contributed by atoms with Crippen molar-refractivity contribution in [3.05, 3.63) is 101 Å². The van der Waals surface area contributed by atoms with Crippen LogP contribution in [0.1, 0.15) is 29.5 Å². The summed E-state index contributed by atoms with van der Waals surface area (Å²) in [5, 5.41) is 6.64. The number of amides is 3. The first-order chi connectivity index (χ1) is 20.3. The molecule has 7 nitrogen and oxygen atoms in total. The van der Waals surface area contributed by atoms with Crippen LogP contribution >= 0.6 is 0 Å². The lowest BCUT2D eigenvalue weighted by Gasteiger charge is -2.40. The molecule has 0 spiro atoms. The first-order valence-corrected chi connectivity index (χ1v) is 13.2. The molecule has 0 heterocycles. The number of ether oxygens (including phenoxy) is 1. The lowest BCUT2D eigenvalue weighted by atomic mass is 9.77. The molecule has 43 heavy (non-hydrogen) atoms. The molecule has 3 aromatic rings. The van der Waals surface area contributed by atoms with E-state index >= 15 is 0 Å². The molecule has 0 aromatic heterocycles. The molecule has 1 atom stereocenters. The normalized spacial score (nSPS) is 17.9. The van der Waals surface area contributed by atoms with Gasteiger partial charge in [0.15, 0.2) is 0 Å². The Balaban J connectivity index is 1.74. The average Bonchev–Trinajstić information content (AvgIpc) is 2.93. The second-order valence-corrected chi connectivity index (χ2v) is 10.2. The van der Waals surface area contributed by atoms with E-state index in [4.69, 9.17) is 4.84 Å². The molecule has 1 saturated carbocycles. The molecule has 230 valence electrons. The number of halogens is 6. The second-order valence-electron chi connectivity index (χ2n) is 10.2. The number of carbonyl (C=O) groups is 2. The van der Waals surface area contributed by atoms with Crippen molar-refractivity contribution in [1.29, 1.82) is 0 Å². The van der Waals surface area contributed by atoms with Crippen LogP contribution in [0.5, 0.6) is 5.75 Å². The van der Waals surface area contributed by atoms with E-state index in [1.165, 1.54) is 26.3 Å². The first-order valence-electron chi connectivity index (χ1n) is 13.2. The van der Waals surface area contributed by atoms with E-state index in [9.17, 15) is 35.9 Å². The van der Waals surface area contributed by atoms with E-state index in [2.05, 4.69) is 15.4 Å². The minimum atomic E-state index is -4.93. The third-order valence-corrected chi connectivity index (χ3v) is 7.25. The van der Waals surface area contributed by atoms with Gasteiger partial charge in [-0.25, -0.2) is 18.6 Å². The van der Waals surface area contributed by atoms with Crippen molar-refractivity contribution in [2.75, 3.05) is 14.2 Å². The van der Waals surface area contributed by atoms with Gasteiger partial charge in [-0.1, -0.05) is 42.5 Å². The Labute approximate surface area is 243 Å². The quantitative estimate of drug-likeness (QED) is 0.213. The van der Waals surface area contributed by atoms with Gasteiger partial charge in [-0.3, -0.25) is 9.63 Å². The molecule has 13 heteroatoms. The zero-order valence-electron chi connectivity index (χ0n) is 23.1. The summed E-state index contributed by atoms with van der Waals surface area (Å²) in [5.41, 5.74) is -1.04. The van der Waals surface area contributed by atoms with Crippen LogP contribution in [0.4, 0.5) is 31.1 Å². The number of nitrogens with zero attached hydrogens (tertiary/aromatic N) is 1. The van der Waals surface area contributed by atoms with Gasteiger partial charge in [-0.05, 0) is 53.8 Å². The summed E-state index contributed by atoms with van der Waals surface area (Å²) in [5.74, 6) is -3.29. The van der Waals surface area contributed by atoms with Gasteiger partial charge in [-0.15, -0.1) is 0 Å². The van der Waals surface area contributed by atoms with Crippen molar-refractivity contribution in [2.45, 2.75) is 43.4 Å². The molecule has 4 rings (SSSR count). The van der Waals surface area contributed by atoms with Gasteiger partial charge in [0.25, 0.3) is 0 Å². The van der Waals surface area contributed by atoms with E-state index < -0.39 is 47.5 Å². The summed E-state index contributed by atoms with van der Waals surface area (Å²) in [7, 11) is 2.81. The summed E-state index contributed by atoms with van der Waals surface area (Å²) in [6.07, 6.45) is -8.60. The summed E-state index contributed by atoms with van der Waals surface area (Å²) in [6, 6.07) is 14.6. The van der Waals surface area contributed by atoms with Crippen molar-refractivity contribution in [1.82, 2.24) is 15.7 Å². The lowest BCUT2D eigenvalue weighted by molar-refractivity contribution is -0.253. The molecule has 3 aromatic carbocycles. The van der Waals surface area contributed by atoms with Gasteiger partial charge in [0.05, 0.1) is 12.6 Å². The molecule has 0 radical (unpaired) electrons. The molecule has 0 unspecified atom stereocenters. The number of hydroxylamine groups is 2. The first kappa shape index (κ1) is 31.7. The molecule has 1 aliphatic carbocycles. The van der Waals surface area contributed by atoms with Gasteiger partial charge in [-0.2, -0.15) is 17.6 Å². The van der Waals surface area contributed by atoms with Crippen molar-refractivity contribution in [2.24, 2.45) is 5.92 Å². The number of hydrogen-bond acceptors (Lipinski definition) is 4. The smallest absolute Gasteiger partial charge is 0.428 e. The second kappa shape index (κ2) is 12.9. The number of hydrogen-bond donors (Lipinski definition) is 2. The van der Waals surface area contributed by atoms with E-state index in [-0.39, 0.29) is 29.4 Å². The Morgan fingerprint density at radius 3 is 2.21 bits per heavy atom. The molecular weight excluding hydrogens is 580 g/mol. The summed E-state index contributed by atoms with van der Waals surface area (Å²) >= 11 is 0. The van der Waals surface area contributed by atoms with Crippen LogP contribution in [-0.2, 0) is 21.6 Å². The Morgan fingerprint density at radius 2 is 1.60 bits per heavy atom. The predicted molar refractivity (Wildman–Crippen MR) is 143 cm³/mol. The molecule has 1 aliphatic rings. The van der Waals surface area contributed by atoms with E-state index in [0.29, 0.717) is 24.5 Å². The molecular formula is C30H29F6N3O4. The number of urea groups is 1. The van der Waals surface area contributed by atoms with Gasteiger partial charge in [0.2, 0.25) is 5.91 Å². The van der Waals surface area contributed by atoms with Crippen LogP contribution < -0.4 is 15.4 Å². The molecule has 2 N–H and O–H groups in total. The fourth-order valence-electron chi connectivity index (χ4n) is 4.97. The van der Waals surface area contributed by atoms with E-state index in [1.54, 1.807) is 30.3 Å².